The number of benzene rings is 1. The van der Waals surface area contributed by atoms with Crippen LogP contribution < -0.4 is 0 Å². The minimum Gasteiger partial charge on any atom is -0.452 e. The highest BCUT2D eigenvalue weighted by Gasteiger charge is 2.44. The summed E-state index contributed by atoms with van der Waals surface area (Å²) in [6.45, 7) is -0.331. The molecule has 18 heavy (non-hydrogen) atoms. The fourth-order valence-corrected chi connectivity index (χ4v) is 2.43. The van der Waals surface area contributed by atoms with Gasteiger partial charge in [0.05, 0.1) is 12.2 Å². The SMILES string of the molecule is O=C(O[C@H]1C(Br)O[C@H](CO)[C@H]1O)c1ccccc1. The maximum atomic E-state index is 11.8. The minimum absolute atomic E-state index is 0.331. The van der Waals surface area contributed by atoms with Gasteiger partial charge in [-0.3, -0.25) is 0 Å². The third-order valence-corrected chi connectivity index (χ3v) is 3.45. The van der Waals surface area contributed by atoms with E-state index in [1.54, 1.807) is 30.3 Å². The van der Waals surface area contributed by atoms with E-state index in [4.69, 9.17) is 14.6 Å². The molecule has 1 fully saturated rings. The summed E-state index contributed by atoms with van der Waals surface area (Å²) in [7, 11) is 0. The number of rotatable bonds is 3. The molecule has 0 spiro atoms. The van der Waals surface area contributed by atoms with Gasteiger partial charge in [0.2, 0.25) is 0 Å². The van der Waals surface area contributed by atoms with Gasteiger partial charge in [-0.25, -0.2) is 4.79 Å². The normalized spacial score (nSPS) is 31.3. The van der Waals surface area contributed by atoms with Crippen molar-refractivity contribution in [3.63, 3.8) is 0 Å². The second-order valence-corrected chi connectivity index (χ2v) is 4.84. The Morgan fingerprint density at radius 3 is 2.61 bits per heavy atom. The predicted octanol–water partition coefficient (Wildman–Crippen LogP) is 0.685. The molecule has 98 valence electrons. The van der Waals surface area contributed by atoms with E-state index >= 15 is 0 Å². The van der Waals surface area contributed by atoms with Crippen molar-refractivity contribution in [3.8, 4) is 0 Å². The van der Waals surface area contributed by atoms with E-state index in [-0.39, 0.29) is 6.61 Å². The molecule has 2 rings (SSSR count). The molecule has 0 saturated carbocycles. The second-order valence-electron chi connectivity index (χ2n) is 3.93. The van der Waals surface area contributed by atoms with Crippen LogP contribution in [0.3, 0.4) is 0 Å². The van der Waals surface area contributed by atoms with Gasteiger partial charge >= 0.3 is 5.97 Å². The largest absolute Gasteiger partial charge is 0.452 e. The maximum Gasteiger partial charge on any atom is 0.338 e. The van der Waals surface area contributed by atoms with Gasteiger partial charge in [-0.1, -0.05) is 34.1 Å². The van der Waals surface area contributed by atoms with Crippen molar-refractivity contribution in [3.05, 3.63) is 35.9 Å². The molecule has 0 aliphatic carbocycles. The first kappa shape index (κ1) is 13.5. The molecule has 1 aliphatic heterocycles. The molecule has 6 heteroatoms. The van der Waals surface area contributed by atoms with Crippen LogP contribution in [0, 0.1) is 0 Å². The molecule has 1 heterocycles. The van der Waals surface area contributed by atoms with Crippen molar-refractivity contribution in [1.82, 2.24) is 0 Å². The van der Waals surface area contributed by atoms with Gasteiger partial charge in [-0.2, -0.15) is 0 Å². The van der Waals surface area contributed by atoms with Crippen LogP contribution in [-0.2, 0) is 9.47 Å². The number of hydrogen-bond acceptors (Lipinski definition) is 5. The summed E-state index contributed by atoms with van der Waals surface area (Å²) in [5.74, 6) is -0.536. The number of aliphatic hydroxyl groups is 2. The molecule has 5 nitrogen and oxygen atoms in total. The van der Waals surface area contributed by atoms with Crippen molar-refractivity contribution >= 4 is 21.9 Å². The lowest BCUT2D eigenvalue weighted by Gasteiger charge is -2.17. The summed E-state index contributed by atoms with van der Waals surface area (Å²) in [5, 5.41) is 18.2. The first-order valence-electron chi connectivity index (χ1n) is 5.48. The molecule has 2 N–H and O–H groups in total. The summed E-state index contributed by atoms with van der Waals surface area (Å²) >= 11 is 3.16. The van der Waals surface area contributed by atoms with Crippen LogP contribution in [0.25, 0.3) is 0 Å². The minimum atomic E-state index is -1.05. The topological polar surface area (TPSA) is 76.0 Å². The highest BCUT2D eigenvalue weighted by atomic mass is 79.9. The standard InChI is InChI=1S/C12H13BrO5/c13-11-10(9(15)8(6-14)17-11)18-12(16)7-4-2-1-3-5-7/h1-5,8-11,14-15H,6H2/t8-,9-,10-,11?/m1/s1. The van der Waals surface area contributed by atoms with Gasteiger partial charge < -0.3 is 19.7 Å². The molecule has 1 saturated heterocycles. The van der Waals surface area contributed by atoms with E-state index in [9.17, 15) is 9.90 Å². The van der Waals surface area contributed by atoms with Crippen molar-refractivity contribution in [2.24, 2.45) is 0 Å². The monoisotopic (exact) mass is 316 g/mol. The Balaban J connectivity index is 2.04. The molecule has 1 aromatic rings. The molecule has 1 aromatic carbocycles. The zero-order chi connectivity index (χ0) is 13.1. The average molecular weight is 317 g/mol. The van der Waals surface area contributed by atoms with Gasteiger partial charge in [-0.05, 0) is 12.1 Å². The van der Waals surface area contributed by atoms with Crippen LogP contribution in [0.1, 0.15) is 10.4 Å². The Hall–Kier alpha value is -0.950. The number of alkyl halides is 1. The van der Waals surface area contributed by atoms with E-state index in [1.807, 2.05) is 0 Å². The molecule has 0 aromatic heterocycles. The molecular formula is C12H13BrO5. The lowest BCUT2D eigenvalue weighted by atomic mass is 10.1. The summed E-state index contributed by atoms with van der Waals surface area (Å²) < 4.78 is 10.4. The molecule has 0 radical (unpaired) electrons. The van der Waals surface area contributed by atoms with Crippen LogP contribution in [0.5, 0.6) is 0 Å². The average Bonchev–Trinajstić information content (AvgIpc) is 2.67. The third kappa shape index (κ3) is 2.72. The third-order valence-electron chi connectivity index (χ3n) is 2.71. The van der Waals surface area contributed by atoms with Gasteiger partial charge in [0.25, 0.3) is 0 Å². The zero-order valence-corrected chi connectivity index (χ0v) is 11.0. The summed E-state index contributed by atoms with van der Waals surface area (Å²) in [4.78, 5) is 11.8. The summed E-state index contributed by atoms with van der Waals surface area (Å²) in [6, 6.07) is 8.48. The zero-order valence-electron chi connectivity index (χ0n) is 9.40. The van der Waals surface area contributed by atoms with Crippen molar-refractivity contribution in [2.45, 2.75) is 23.3 Å². The summed E-state index contributed by atoms with van der Waals surface area (Å²) in [6.07, 6.45) is -2.63. The van der Waals surface area contributed by atoms with Gasteiger partial charge in [0.15, 0.2) is 11.1 Å². The van der Waals surface area contributed by atoms with Gasteiger partial charge in [-0.15, -0.1) is 0 Å². The highest BCUT2D eigenvalue weighted by molar-refractivity contribution is 9.09. The number of ether oxygens (including phenoxy) is 2. The smallest absolute Gasteiger partial charge is 0.338 e. The molecule has 0 amide bonds. The second kappa shape index (κ2) is 5.79. The number of carbonyl (C=O) groups excluding carboxylic acids is 1. The number of hydrogen-bond donors (Lipinski definition) is 2. The van der Waals surface area contributed by atoms with Crippen LogP contribution >= 0.6 is 15.9 Å². The quantitative estimate of drug-likeness (QED) is 0.633. The van der Waals surface area contributed by atoms with Gasteiger partial charge in [0.1, 0.15) is 12.2 Å². The lowest BCUT2D eigenvalue weighted by molar-refractivity contribution is -0.0174. The fraction of sp³-hybridized carbons (Fsp3) is 0.417. The first-order chi connectivity index (χ1) is 8.63. The Bertz CT molecular complexity index is 410. The van der Waals surface area contributed by atoms with Crippen LogP contribution in [0.4, 0.5) is 0 Å². The highest BCUT2D eigenvalue weighted by Crippen LogP contribution is 2.28. The summed E-state index contributed by atoms with van der Waals surface area (Å²) in [5.41, 5.74) is 0.400. The van der Waals surface area contributed by atoms with E-state index in [0.717, 1.165) is 0 Å². The molecular weight excluding hydrogens is 304 g/mol. The van der Waals surface area contributed by atoms with Gasteiger partial charge in [0, 0.05) is 0 Å². The number of aliphatic hydroxyl groups excluding tert-OH is 2. The Labute approximate surface area is 112 Å². The van der Waals surface area contributed by atoms with Crippen LogP contribution in [0.2, 0.25) is 0 Å². The number of carbonyl (C=O) groups is 1. The van der Waals surface area contributed by atoms with Crippen LogP contribution in [0.15, 0.2) is 30.3 Å². The maximum absolute atomic E-state index is 11.8. The first-order valence-corrected chi connectivity index (χ1v) is 6.39. The van der Waals surface area contributed by atoms with Crippen molar-refractivity contribution < 1.29 is 24.5 Å². The Kier molecular flexibility index (Phi) is 4.34. The predicted molar refractivity (Wildman–Crippen MR) is 66.3 cm³/mol. The molecule has 4 atom stereocenters. The van der Waals surface area contributed by atoms with Crippen LogP contribution in [-0.4, -0.2) is 46.1 Å². The Morgan fingerprint density at radius 2 is 2.06 bits per heavy atom. The number of esters is 1. The Morgan fingerprint density at radius 1 is 1.39 bits per heavy atom. The number of halogens is 1. The lowest BCUT2D eigenvalue weighted by Crippen LogP contribution is -2.36. The molecule has 0 bridgehead atoms. The molecule has 1 aliphatic rings. The van der Waals surface area contributed by atoms with E-state index in [2.05, 4.69) is 15.9 Å². The van der Waals surface area contributed by atoms with Crippen molar-refractivity contribution in [2.75, 3.05) is 6.61 Å². The van der Waals surface area contributed by atoms with E-state index in [0.29, 0.717) is 5.56 Å². The van der Waals surface area contributed by atoms with Crippen molar-refractivity contribution in [1.29, 1.82) is 0 Å². The van der Waals surface area contributed by atoms with E-state index in [1.165, 1.54) is 0 Å². The fourth-order valence-electron chi connectivity index (χ4n) is 1.73. The molecule has 1 unspecified atom stereocenters. The van der Waals surface area contributed by atoms with E-state index < -0.39 is 29.3 Å².